The summed E-state index contributed by atoms with van der Waals surface area (Å²) in [4.78, 5) is 14.5. The number of primary sulfonamides is 1. The van der Waals surface area contributed by atoms with Crippen LogP contribution in [0, 0.1) is 0 Å². The summed E-state index contributed by atoms with van der Waals surface area (Å²) in [7, 11) is -3.78. The molecule has 0 unspecified atom stereocenters. The van der Waals surface area contributed by atoms with Crippen LogP contribution in [0.4, 0.5) is 5.69 Å². The van der Waals surface area contributed by atoms with Crippen molar-refractivity contribution in [3.8, 4) is 0 Å². The molecule has 1 aliphatic rings. The first-order valence-corrected chi connectivity index (χ1v) is 10.3. The van der Waals surface area contributed by atoms with Crippen LogP contribution in [0.25, 0.3) is 6.08 Å². The van der Waals surface area contributed by atoms with Crippen LogP contribution in [-0.4, -0.2) is 18.6 Å². The van der Waals surface area contributed by atoms with Gasteiger partial charge in [0.05, 0.1) is 15.5 Å². The van der Waals surface area contributed by atoms with Crippen LogP contribution in [0.5, 0.6) is 0 Å². The lowest BCUT2D eigenvalue weighted by atomic mass is 10.2. The quantitative estimate of drug-likeness (QED) is 0.627. The maximum absolute atomic E-state index is 12.6. The number of anilines is 1. The molecule has 1 fully saturated rings. The van der Waals surface area contributed by atoms with Gasteiger partial charge in [0.25, 0.3) is 5.91 Å². The third kappa shape index (κ3) is 4.10. The Hall–Kier alpha value is -2.26. The molecule has 1 saturated heterocycles. The van der Waals surface area contributed by atoms with Crippen LogP contribution < -0.4 is 10.0 Å². The van der Waals surface area contributed by atoms with E-state index in [1.165, 1.54) is 40.9 Å². The molecule has 1 aliphatic heterocycles. The number of allylic oxidation sites excluding steroid dienone is 2. The number of benzene rings is 2. The van der Waals surface area contributed by atoms with E-state index >= 15 is 0 Å². The van der Waals surface area contributed by atoms with Crippen LogP contribution in [0.1, 0.15) is 5.56 Å². The summed E-state index contributed by atoms with van der Waals surface area (Å²) >= 11 is 6.48. The van der Waals surface area contributed by atoms with Gasteiger partial charge in [0.1, 0.15) is 0 Å². The molecule has 26 heavy (non-hydrogen) atoms. The van der Waals surface area contributed by atoms with E-state index in [2.05, 4.69) is 0 Å². The predicted molar refractivity (Wildman–Crippen MR) is 109 cm³/mol. The molecule has 1 heterocycles. The molecule has 0 bridgehead atoms. The highest BCUT2D eigenvalue weighted by molar-refractivity contribution is 8.27. The highest BCUT2D eigenvalue weighted by atomic mass is 32.2. The average molecular weight is 403 g/mol. The first-order chi connectivity index (χ1) is 12.4. The first kappa shape index (κ1) is 18.5. The smallest absolute Gasteiger partial charge is 0.268 e. The van der Waals surface area contributed by atoms with Gasteiger partial charge in [-0.3, -0.25) is 9.69 Å². The van der Waals surface area contributed by atoms with E-state index in [-0.39, 0.29) is 10.8 Å². The Kier molecular flexibility index (Phi) is 5.38. The lowest BCUT2D eigenvalue weighted by Crippen LogP contribution is -2.27. The predicted octanol–water partition coefficient (Wildman–Crippen LogP) is 3.30. The SMILES string of the molecule is NS(=O)(=O)c1ccc(N2C(=O)C(=CC=Cc3ccccc3)SC2=S)cc1. The van der Waals surface area contributed by atoms with Gasteiger partial charge in [0.15, 0.2) is 4.32 Å². The van der Waals surface area contributed by atoms with Gasteiger partial charge in [-0.05, 0) is 35.9 Å². The number of thiocarbonyl (C=S) groups is 1. The van der Waals surface area contributed by atoms with Gasteiger partial charge in [-0.2, -0.15) is 0 Å². The Labute approximate surface area is 161 Å². The lowest BCUT2D eigenvalue weighted by molar-refractivity contribution is -0.113. The van der Waals surface area contributed by atoms with E-state index < -0.39 is 10.0 Å². The zero-order chi connectivity index (χ0) is 18.7. The van der Waals surface area contributed by atoms with Crippen molar-refractivity contribution in [2.75, 3.05) is 4.90 Å². The van der Waals surface area contributed by atoms with E-state index in [0.29, 0.717) is 14.9 Å². The van der Waals surface area contributed by atoms with E-state index in [1.807, 2.05) is 36.4 Å². The Bertz CT molecular complexity index is 1010. The fraction of sp³-hybridized carbons (Fsp3) is 0. The Morgan fingerprint density at radius 2 is 1.69 bits per heavy atom. The summed E-state index contributed by atoms with van der Waals surface area (Å²) in [6, 6.07) is 15.4. The molecule has 132 valence electrons. The highest BCUT2D eigenvalue weighted by Gasteiger charge is 2.33. The number of hydrogen-bond donors (Lipinski definition) is 1. The molecule has 0 aromatic heterocycles. The maximum atomic E-state index is 12.6. The van der Waals surface area contributed by atoms with Crippen molar-refractivity contribution in [2.24, 2.45) is 5.14 Å². The third-order valence-electron chi connectivity index (χ3n) is 3.55. The second kappa shape index (κ2) is 7.55. The number of nitrogens with zero attached hydrogens (tertiary/aromatic N) is 1. The Morgan fingerprint density at radius 1 is 1.04 bits per heavy atom. The Morgan fingerprint density at radius 3 is 2.31 bits per heavy atom. The van der Waals surface area contributed by atoms with E-state index in [9.17, 15) is 13.2 Å². The lowest BCUT2D eigenvalue weighted by Gasteiger charge is -2.14. The number of hydrogen-bond acceptors (Lipinski definition) is 5. The highest BCUT2D eigenvalue weighted by Crippen LogP contribution is 2.35. The van der Waals surface area contributed by atoms with Gasteiger partial charge < -0.3 is 0 Å². The summed E-state index contributed by atoms with van der Waals surface area (Å²) in [6.45, 7) is 0. The summed E-state index contributed by atoms with van der Waals surface area (Å²) in [5.74, 6) is -0.249. The number of sulfonamides is 1. The molecule has 1 amide bonds. The van der Waals surface area contributed by atoms with Gasteiger partial charge in [0.2, 0.25) is 10.0 Å². The maximum Gasteiger partial charge on any atom is 0.270 e. The number of thioether (sulfide) groups is 1. The number of nitrogens with two attached hydrogens (primary N) is 1. The molecule has 5 nitrogen and oxygen atoms in total. The standard InChI is InChI=1S/C18H14N2O3S3/c19-26(22,23)15-11-9-14(10-12-15)20-17(21)16(25-18(20)24)8-4-7-13-5-2-1-3-6-13/h1-12H,(H2,19,22,23). The van der Waals surface area contributed by atoms with Gasteiger partial charge in [-0.25, -0.2) is 13.6 Å². The molecular weight excluding hydrogens is 388 g/mol. The molecule has 2 aromatic rings. The number of rotatable bonds is 4. The van der Waals surface area contributed by atoms with Crippen molar-refractivity contribution in [3.63, 3.8) is 0 Å². The topological polar surface area (TPSA) is 80.5 Å². The Balaban J connectivity index is 1.81. The molecule has 0 aliphatic carbocycles. The number of carbonyl (C=O) groups is 1. The van der Waals surface area contributed by atoms with Crippen molar-refractivity contribution >= 4 is 56.0 Å². The van der Waals surface area contributed by atoms with Crippen LogP contribution in [0.2, 0.25) is 0 Å². The minimum Gasteiger partial charge on any atom is -0.268 e. The molecule has 3 rings (SSSR count). The zero-order valence-electron chi connectivity index (χ0n) is 13.4. The van der Waals surface area contributed by atoms with Gasteiger partial charge in [0, 0.05) is 0 Å². The zero-order valence-corrected chi connectivity index (χ0v) is 15.9. The summed E-state index contributed by atoms with van der Waals surface area (Å²) < 4.78 is 23.1. The fourth-order valence-electron chi connectivity index (χ4n) is 2.30. The monoisotopic (exact) mass is 402 g/mol. The fourth-order valence-corrected chi connectivity index (χ4v) is 4.07. The van der Waals surface area contributed by atoms with Crippen molar-refractivity contribution in [1.82, 2.24) is 0 Å². The second-order valence-corrected chi connectivity index (χ2v) is 8.59. The largest absolute Gasteiger partial charge is 0.270 e. The molecule has 0 atom stereocenters. The summed E-state index contributed by atoms with van der Waals surface area (Å²) in [5, 5.41) is 5.08. The third-order valence-corrected chi connectivity index (χ3v) is 5.80. The van der Waals surface area contributed by atoms with Crippen LogP contribution >= 0.6 is 24.0 Å². The van der Waals surface area contributed by atoms with Crippen molar-refractivity contribution < 1.29 is 13.2 Å². The molecule has 2 aromatic carbocycles. The first-order valence-electron chi connectivity index (χ1n) is 7.49. The van der Waals surface area contributed by atoms with Crippen LogP contribution in [0.3, 0.4) is 0 Å². The van der Waals surface area contributed by atoms with Crippen molar-refractivity contribution in [3.05, 3.63) is 77.2 Å². The second-order valence-electron chi connectivity index (χ2n) is 5.35. The normalized spacial score (nSPS) is 16.8. The van der Waals surface area contributed by atoms with E-state index in [1.54, 1.807) is 12.2 Å². The molecule has 0 spiro atoms. The van der Waals surface area contributed by atoms with E-state index in [4.69, 9.17) is 17.4 Å². The summed E-state index contributed by atoms with van der Waals surface area (Å²) in [6.07, 6.45) is 5.41. The van der Waals surface area contributed by atoms with Gasteiger partial charge >= 0.3 is 0 Å². The average Bonchev–Trinajstić information content (AvgIpc) is 2.89. The molecule has 0 radical (unpaired) electrons. The molecule has 0 saturated carbocycles. The van der Waals surface area contributed by atoms with Crippen LogP contribution in [0.15, 0.2) is 76.5 Å². The molecular formula is C18H14N2O3S3. The van der Waals surface area contributed by atoms with Crippen LogP contribution in [-0.2, 0) is 14.8 Å². The number of carbonyl (C=O) groups excluding carboxylic acids is 1. The minimum absolute atomic E-state index is 0.0203. The summed E-state index contributed by atoms with van der Waals surface area (Å²) in [5.41, 5.74) is 1.52. The molecule has 2 N–H and O–H groups in total. The van der Waals surface area contributed by atoms with E-state index in [0.717, 1.165) is 5.56 Å². The molecule has 8 heteroatoms. The minimum atomic E-state index is -3.78. The van der Waals surface area contributed by atoms with Gasteiger partial charge in [-0.15, -0.1) is 0 Å². The van der Waals surface area contributed by atoms with Crippen molar-refractivity contribution in [1.29, 1.82) is 0 Å². The van der Waals surface area contributed by atoms with Gasteiger partial charge in [-0.1, -0.05) is 66.5 Å². The van der Waals surface area contributed by atoms with Crippen molar-refractivity contribution in [2.45, 2.75) is 4.90 Å². The number of amides is 1.